The maximum absolute atomic E-state index is 11.8. The van der Waals surface area contributed by atoms with E-state index < -0.39 is 0 Å². The van der Waals surface area contributed by atoms with Crippen molar-refractivity contribution in [2.75, 3.05) is 64.3 Å². The number of rotatable bonds is 6. The highest BCUT2D eigenvalue weighted by Crippen LogP contribution is 2.15. The van der Waals surface area contributed by atoms with Crippen LogP contribution in [0.4, 0.5) is 10.5 Å². The van der Waals surface area contributed by atoms with E-state index in [1.807, 2.05) is 0 Å². The Hall–Kier alpha value is -1.64. The van der Waals surface area contributed by atoms with Crippen LogP contribution in [-0.4, -0.2) is 85.1 Å². The van der Waals surface area contributed by atoms with E-state index in [1.54, 1.807) is 12.4 Å². The molecule has 1 aromatic rings. The van der Waals surface area contributed by atoms with Crippen LogP contribution in [0.25, 0.3) is 0 Å². The van der Waals surface area contributed by atoms with E-state index in [2.05, 4.69) is 30.6 Å². The summed E-state index contributed by atoms with van der Waals surface area (Å²) in [6, 6.07) is -0.168. The topological polar surface area (TPSA) is 85.5 Å². The number of aromatic amines is 1. The fourth-order valence-electron chi connectivity index (χ4n) is 3.12. The van der Waals surface area contributed by atoms with E-state index in [-0.39, 0.29) is 6.03 Å². The van der Waals surface area contributed by atoms with Crippen molar-refractivity contribution in [2.24, 2.45) is 5.92 Å². The Morgan fingerprint density at radius 2 is 2.13 bits per heavy atom. The van der Waals surface area contributed by atoms with Gasteiger partial charge in [-0.2, -0.15) is 5.10 Å². The van der Waals surface area contributed by atoms with Gasteiger partial charge in [0.25, 0.3) is 0 Å². The summed E-state index contributed by atoms with van der Waals surface area (Å²) in [4.78, 5) is 16.7. The molecule has 23 heavy (non-hydrogen) atoms. The minimum absolute atomic E-state index is 0.168. The Kier molecular flexibility index (Phi) is 5.84. The summed E-state index contributed by atoms with van der Waals surface area (Å²) in [5.74, 6) is 0.537. The smallest absolute Gasteiger partial charge is 0.319 e. The fourth-order valence-corrected chi connectivity index (χ4v) is 3.12. The first-order chi connectivity index (χ1) is 11.3. The third-order valence-electron chi connectivity index (χ3n) is 4.51. The molecule has 1 unspecified atom stereocenters. The van der Waals surface area contributed by atoms with Crippen molar-refractivity contribution >= 4 is 11.7 Å². The summed E-state index contributed by atoms with van der Waals surface area (Å²) in [6.45, 7) is 8.95. The van der Waals surface area contributed by atoms with Crippen LogP contribution in [0.15, 0.2) is 12.4 Å². The van der Waals surface area contributed by atoms with Crippen LogP contribution >= 0.6 is 0 Å². The summed E-state index contributed by atoms with van der Waals surface area (Å²) < 4.78 is 5.37. The molecule has 2 aliphatic heterocycles. The maximum atomic E-state index is 11.8. The lowest BCUT2D eigenvalue weighted by Gasteiger charge is -2.28. The predicted octanol–water partition coefficient (Wildman–Crippen LogP) is 0.185. The molecule has 8 nitrogen and oxygen atoms in total. The number of anilines is 1. The number of hydrogen-bond donors (Lipinski definition) is 3. The second kappa shape index (κ2) is 8.28. The Labute approximate surface area is 136 Å². The van der Waals surface area contributed by atoms with E-state index in [9.17, 15) is 4.79 Å². The number of carbonyl (C=O) groups excluding carboxylic acids is 1. The number of nitrogens with zero attached hydrogens (tertiary/aromatic N) is 3. The highest BCUT2D eigenvalue weighted by molar-refractivity contribution is 5.88. The van der Waals surface area contributed by atoms with Crippen LogP contribution in [0, 0.1) is 5.92 Å². The SMILES string of the molecule is O=C(NCC1CCN(CCN2CCOCC2)C1)Nc1cn[nH]c1. The molecule has 0 aromatic carbocycles. The highest BCUT2D eigenvalue weighted by atomic mass is 16.5. The number of morpholine rings is 1. The number of ether oxygens (including phenoxy) is 1. The molecule has 0 radical (unpaired) electrons. The quantitative estimate of drug-likeness (QED) is 0.696. The van der Waals surface area contributed by atoms with Gasteiger partial charge in [-0.3, -0.25) is 10.00 Å². The van der Waals surface area contributed by atoms with Crippen LogP contribution in [0.5, 0.6) is 0 Å². The van der Waals surface area contributed by atoms with Crippen molar-refractivity contribution < 1.29 is 9.53 Å². The van der Waals surface area contributed by atoms with Gasteiger partial charge in [0.05, 0.1) is 25.1 Å². The number of aromatic nitrogens is 2. The Bertz CT molecular complexity index is 474. The molecule has 0 bridgehead atoms. The standard InChI is InChI=1S/C15H26N6O2/c22-15(19-14-10-17-18-11-14)16-9-13-1-2-21(12-13)4-3-20-5-7-23-8-6-20/h10-11,13H,1-9,12H2,(H,17,18)(H2,16,19,22). The summed E-state index contributed by atoms with van der Waals surface area (Å²) >= 11 is 0. The molecule has 3 rings (SSSR count). The van der Waals surface area contributed by atoms with Crippen LogP contribution in [-0.2, 0) is 4.74 Å². The van der Waals surface area contributed by atoms with E-state index >= 15 is 0 Å². The number of likely N-dealkylation sites (tertiary alicyclic amines) is 1. The zero-order valence-corrected chi connectivity index (χ0v) is 13.5. The molecule has 1 aromatic heterocycles. The third kappa shape index (κ3) is 5.19. The van der Waals surface area contributed by atoms with Gasteiger partial charge in [-0.15, -0.1) is 0 Å². The largest absolute Gasteiger partial charge is 0.379 e. The number of carbonyl (C=O) groups is 1. The maximum Gasteiger partial charge on any atom is 0.319 e. The summed E-state index contributed by atoms with van der Waals surface area (Å²) in [5.41, 5.74) is 0.682. The van der Waals surface area contributed by atoms with E-state index in [4.69, 9.17) is 4.74 Å². The summed E-state index contributed by atoms with van der Waals surface area (Å²) in [5, 5.41) is 12.2. The average Bonchev–Trinajstić information content (AvgIpc) is 3.24. The second-order valence-electron chi connectivity index (χ2n) is 6.23. The van der Waals surface area contributed by atoms with Crippen molar-refractivity contribution in [1.82, 2.24) is 25.3 Å². The molecule has 0 aliphatic carbocycles. The lowest BCUT2D eigenvalue weighted by Crippen LogP contribution is -2.41. The van der Waals surface area contributed by atoms with Crippen LogP contribution < -0.4 is 10.6 Å². The molecule has 2 fully saturated rings. The predicted molar refractivity (Wildman–Crippen MR) is 87.4 cm³/mol. The Balaban J connectivity index is 1.29. The van der Waals surface area contributed by atoms with Crippen molar-refractivity contribution in [3.63, 3.8) is 0 Å². The molecule has 128 valence electrons. The molecule has 2 aliphatic rings. The first-order valence-corrected chi connectivity index (χ1v) is 8.35. The first-order valence-electron chi connectivity index (χ1n) is 8.35. The van der Waals surface area contributed by atoms with Gasteiger partial charge in [-0.1, -0.05) is 0 Å². The van der Waals surface area contributed by atoms with Crippen LogP contribution in [0.3, 0.4) is 0 Å². The van der Waals surface area contributed by atoms with Crippen molar-refractivity contribution in [3.05, 3.63) is 12.4 Å². The minimum Gasteiger partial charge on any atom is -0.379 e. The first kappa shape index (κ1) is 16.2. The van der Waals surface area contributed by atoms with E-state index in [0.29, 0.717) is 11.6 Å². The Morgan fingerprint density at radius 1 is 1.30 bits per heavy atom. The number of urea groups is 1. The molecular weight excluding hydrogens is 296 g/mol. The molecule has 2 saturated heterocycles. The summed E-state index contributed by atoms with van der Waals surface area (Å²) in [7, 11) is 0. The molecule has 3 heterocycles. The normalized spacial score (nSPS) is 23.0. The van der Waals surface area contributed by atoms with Gasteiger partial charge in [0.15, 0.2) is 0 Å². The number of amides is 2. The molecule has 1 atom stereocenters. The van der Waals surface area contributed by atoms with E-state index in [0.717, 1.165) is 65.4 Å². The van der Waals surface area contributed by atoms with Crippen molar-refractivity contribution in [3.8, 4) is 0 Å². The average molecular weight is 322 g/mol. The fraction of sp³-hybridized carbons (Fsp3) is 0.733. The lowest BCUT2D eigenvalue weighted by molar-refractivity contribution is 0.0343. The minimum atomic E-state index is -0.168. The second-order valence-corrected chi connectivity index (χ2v) is 6.23. The van der Waals surface area contributed by atoms with Gasteiger partial charge >= 0.3 is 6.03 Å². The van der Waals surface area contributed by atoms with Gasteiger partial charge in [-0.25, -0.2) is 4.79 Å². The van der Waals surface area contributed by atoms with Gasteiger partial charge in [-0.05, 0) is 18.9 Å². The zero-order chi connectivity index (χ0) is 15.9. The molecule has 0 spiro atoms. The highest BCUT2D eigenvalue weighted by Gasteiger charge is 2.23. The van der Waals surface area contributed by atoms with Gasteiger partial charge < -0.3 is 20.3 Å². The monoisotopic (exact) mass is 322 g/mol. The third-order valence-corrected chi connectivity index (χ3v) is 4.51. The van der Waals surface area contributed by atoms with Gasteiger partial charge in [0, 0.05) is 45.5 Å². The molecule has 8 heteroatoms. The zero-order valence-electron chi connectivity index (χ0n) is 13.5. The number of H-pyrrole nitrogens is 1. The molecular formula is C15H26N6O2. The van der Waals surface area contributed by atoms with Crippen molar-refractivity contribution in [2.45, 2.75) is 6.42 Å². The van der Waals surface area contributed by atoms with Crippen molar-refractivity contribution in [1.29, 1.82) is 0 Å². The van der Waals surface area contributed by atoms with Crippen LogP contribution in [0.1, 0.15) is 6.42 Å². The Morgan fingerprint density at radius 3 is 2.91 bits per heavy atom. The van der Waals surface area contributed by atoms with Gasteiger partial charge in [0.2, 0.25) is 0 Å². The molecule has 0 saturated carbocycles. The molecule has 3 N–H and O–H groups in total. The summed E-state index contributed by atoms with van der Waals surface area (Å²) in [6.07, 6.45) is 4.39. The van der Waals surface area contributed by atoms with E-state index in [1.165, 1.54) is 0 Å². The lowest BCUT2D eigenvalue weighted by atomic mass is 10.1. The van der Waals surface area contributed by atoms with Gasteiger partial charge in [0.1, 0.15) is 0 Å². The number of nitrogens with one attached hydrogen (secondary N) is 3. The molecule has 2 amide bonds. The number of hydrogen-bond acceptors (Lipinski definition) is 5. The van der Waals surface area contributed by atoms with Crippen LogP contribution in [0.2, 0.25) is 0 Å².